The van der Waals surface area contributed by atoms with Crippen molar-refractivity contribution in [3.8, 4) is 0 Å². The van der Waals surface area contributed by atoms with Crippen LogP contribution in [-0.2, 0) is 14.3 Å². The molecule has 0 aliphatic rings. The van der Waals surface area contributed by atoms with Gasteiger partial charge in [-0.25, -0.2) is 9.59 Å². The summed E-state index contributed by atoms with van der Waals surface area (Å²) in [5.74, 6) is -1.58. The summed E-state index contributed by atoms with van der Waals surface area (Å²) >= 11 is 0. The van der Waals surface area contributed by atoms with Crippen LogP contribution >= 0.6 is 0 Å². The molecule has 0 aromatic heterocycles. The second-order valence-corrected chi connectivity index (χ2v) is 4.30. The Hall–Kier alpha value is -1.79. The number of carbonyl (C=O) groups is 3. The molecule has 7 heteroatoms. The number of likely N-dealkylation sites (N-methyl/N-ethyl adjacent to an activating group) is 1. The van der Waals surface area contributed by atoms with E-state index in [0.29, 0.717) is 19.4 Å². The van der Waals surface area contributed by atoms with E-state index in [1.165, 1.54) is 4.90 Å². The summed E-state index contributed by atoms with van der Waals surface area (Å²) in [7, 11) is 0. The SMILES string of the molecule is CCCCC(NC(=O)N(CC)CC(=O)OCC)C(=O)O. The zero-order chi connectivity index (χ0) is 15.5. The molecule has 0 bridgehead atoms. The molecule has 0 radical (unpaired) electrons. The number of nitrogens with one attached hydrogen (secondary N) is 1. The van der Waals surface area contributed by atoms with Gasteiger partial charge in [0.05, 0.1) is 6.61 Å². The van der Waals surface area contributed by atoms with Gasteiger partial charge in [0.25, 0.3) is 0 Å². The molecule has 7 nitrogen and oxygen atoms in total. The van der Waals surface area contributed by atoms with Gasteiger partial charge >= 0.3 is 18.0 Å². The Bertz CT molecular complexity index is 333. The van der Waals surface area contributed by atoms with Gasteiger partial charge in [-0.3, -0.25) is 4.79 Å². The largest absolute Gasteiger partial charge is 0.480 e. The van der Waals surface area contributed by atoms with Crippen LogP contribution in [-0.4, -0.2) is 53.7 Å². The molecular weight excluding hydrogens is 264 g/mol. The number of hydrogen-bond donors (Lipinski definition) is 2. The lowest BCUT2D eigenvalue weighted by atomic mass is 10.1. The third-order valence-electron chi connectivity index (χ3n) is 2.74. The van der Waals surface area contributed by atoms with Crippen molar-refractivity contribution in [1.82, 2.24) is 10.2 Å². The molecule has 0 fully saturated rings. The Morgan fingerprint density at radius 3 is 2.35 bits per heavy atom. The zero-order valence-electron chi connectivity index (χ0n) is 12.3. The quantitative estimate of drug-likeness (QED) is 0.622. The first-order chi connectivity index (χ1) is 9.46. The maximum Gasteiger partial charge on any atom is 0.326 e. The van der Waals surface area contributed by atoms with Gasteiger partial charge < -0.3 is 20.1 Å². The number of nitrogens with zero attached hydrogens (tertiary/aromatic N) is 1. The molecule has 0 saturated carbocycles. The summed E-state index contributed by atoms with van der Waals surface area (Å²) in [6.07, 6.45) is 1.93. The van der Waals surface area contributed by atoms with E-state index in [1.54, 1.807) is 13.8 Å². The van der Waals surface area contributed by atoms with E-state index in [4.69, 9.17) is 9.84 Å². The highest BCUT2D eigenvalue weighted by Gasteiger charge is 2.23. The minimum atomic E-state index is -1.07. The van der Waals surface area contributed by atoms with Crippen LogP contribution in [0.15, 0.2) is 0 Å². The van der Waals surface area contributed by atoms with Crippen molar-refractivity contribution in [3.05, 3.63) is 0 Å². The van der Waals surface area contributed by atoms with Crippen molar-refractivity contribution in [2.75, 3.05) is 19.7 Å². The molecule has 0 aliphatic heterocycles. The number of carboxylic acids is 1. The summed E-state index contributed by atoms with van der Waals surface area (Å²) in [6.45, 7) is 5.69. The Morgan fingerprint density at radius 2 is 1.90 bits per heavy atom. The van der Waals surface area contributed by atoms with E-state index in [9.17, 15) is 14.4 Å². The minimum Gasteiger partial charge on any atom is -0.480 e. The molecule has 0 aliphatic carbocycles. The van der Waals surface area contributed by atoms with Crippen molar-refractivity contribution in [1.29, 1.82) is 0 Å². The number of rotatable bonds is 9. The van der Waals surface area contributed by atoms with Crippen molar-refractivity contribution in [2.45, 2.75) is 46.1 Å². The summed E-state index contributed by atoms with van der Waals surface area (Å²) in [5.41, 5.74) is 0. The Balaban J connectivity index is 4.50. The molecule has 1 unspecified atom stereocenters. The van der Waals surface area contributed by atoms with Crippen molar-refractivity contribution >= 4 is 18.0 Å². The van der Waals surface area contributed by atoms with Gasteiger partial charge in [-0.05, 0) is 20.3 Å². The zero-order valence-corrected chi connectivity index (χ0v) is 12.3. The number of carbonyl (C=O) groups excluding carboxylic acids is 2. The number of carboxylic acid groups (broad SMARTS) is 1. The van der Waals surface area contributed by atoms with E-state index >= 15 is 0 Å². The molecule has 0 saturated heterocycles. The van der Waals surface area contributed by atoms with Gasteiger partial charge in [0, 0.05) is 6.54 Å². The molecule has 1 atom stereocenters. The molecule has 0 aromatic rings. The highest BCUT2D eigenvalue weighted by atomic mass is 16.5. The highest BCUT2D eigenvalue weighted by molar-refractivity contribution is 5.85. The fourth-order valence-corrected chi connectivity index (χ4v) is 1.60. The lowest BCUT2D eigenvalue weighted by molar-refractivity contribution is -0.143. The molecule has 116 valence electrons. The Labute approximate surface area is 119 Å². The first-order valence-corrected chi connectivity index (χ1v) is 6.90. The predicted molar refractivity (Wildman–Crippen MR) is 73.4 cm³/mol. The summed E-state index contributed by atoms with van der Waals surface area (Å²) in [4.78, 5) is 35.6. The molecule has 20 heavy (non-hydrogen) atoms. The molecule has 0 spiro atoms. The second kappa shape index (κ2) is 10.1. The first-order valence-electron chi connectivity index (χ1n) is 6.90. The smallest absolute Gasteiger partial charge is 0.326 e. The van der Waals surface area contributed by atoms with E-state index in [1.807, 2.05) is 6.92 Å². The van der Waals surface area contributed by atoms with Gasteiger partial charge in [-0.2, -0.15) is 0 Å². The van der Waals surface area contributed by atoms with Crippen molar-refractivity contribution < 1.29 is 24.2 Å². The fraction of sp³-hybridized carbons (Fsp3) is 0.769. The van der Waals surface area contributed by atoms with E-state index < -0.39 is 24.0 Å². The number of aliphatic carboxylic acids is 1. The summed E-state index contributed by atoms with van der Waals surface area (Å²) in [5, 5.41) is 11.5. The number of hydrogen-bond acceptors (Lipinski definition) is 4. The molecule has 0 aromatic carbocycles. The second-order valence-electron chi connectivity index (χ2n) is 4.30. The molecule has 0 rings (SSSR count). The molecule has 0 heterocycles. The Morgan fingerprint density at radius 1 is 1.25 bits per heavy atom. The van der Waals surface area contributed by atoms with Gasteiger partial charge in [-0.15, -0.1) is 0 Å². The number of urea groups is 1. The van der Waals surface area contributed by atoms with E-state index in [2.05, 4.69) is 5.32 Å². The van der Waals surface area contributed by atoms with Crippen LogP contribution in [0.2, 0.25) is 0 Å². The van der Waals surface area contributed by atoms with Gasteiger partial charge in [0.1, 0.15) is 12.6 Å². The van der Waals surface area contributed by atoms with Crippen molar-refractivity contribution in [2.24, 2.45) is 0 Å². The minimum absolute atomic E-state index is 0.184. The summed E-state index contributed by atoms with van der Waals surface area (Å²) in [6, 6.07) is -1.50. The normalized spacial score (nSPS) is 11.6. The summed E-state index contributed by atoms with van der Waals surface area (Å²) < 4.78 is 4.76. The Kier molecular flexibility index (Phi) is 9.15. The lowest BCUT2D eigenvalue weighted by Gasteiger charge is -2.23. The number of esters is 1. The average Bonchev–Trinajstić information content (AvgIpc) is 2.40. The van der Waals surface area contributed by atoms with Crippen LogP contribution in [0.1, 0.15) is 40.0 Å². The van der Waals surface area contributed by atoms with Crippen LogP contribution in [0.5, 0.6) is 0 Å². The number of ether oxygens (including phenoxy) is 1. The first kappa shape index (κ1) is 18.2. The van der Waals surface area contributed by atoms with Crippen molar-refractivity contribution in [3.63, 3.8) is 0 Å². The highest BCUT2D eigenvalue weighted by Crippen LogP contribution is 2.02. The van der Waals surface area contributed by atoms with Gasteiger partial charge in [0.15, 0.2) is 0 Å². The number of unbranched alkanes of at least 4 members (excludes halogenated alkanes) is 1. The standard InChI is InChI=1S/C13H24N2O5/c1-4-7-8-10(12(17)18)14-13(19)15(5-2)9-11(16)20-6-3/h10H,4-9H2,1-3H3,(H,14,19)(H,17,18). The van der Waals surface area contributed by atoms with Crippen LogP contribution in [0.25, 0.3) is 0 Å². The fourth-order valence-electron chi connectivity index (χ4n) is 1.60. The number of amides is 2. The topological polar surface area (TPSA) is 95.9 Å². The van der Waals surface area contributed by atoms with Gasteiger partial charge in [-0.1, -0.05) is 19.8 Å². The average molecular weight is 288 g/mol. The molecule has 2 N–H and O–H groups in total. The third kappa shape index (κ3) is 6.96. The van der Waals surface area contributed by atoms with E-state index in [0.717, 1.165) is 6.42 Å². The van der Waals surface area contributed by atoms with Crippen LogP contribution in [0, 0.1) is 0 Å². The van der Waals surface area contributed by atoms with Crippen LogP contribution in [0.3, 0.4) is 0 Å². The monoisotopic (exact) mass is 288 g/mol. The lowest BCUT2D eigenvalue weighted by Crippen LogP contribution is -2.49. The third-order valence-corrected chi connectivity index (χ3v) is 2.74. The van der Waals surface area contributed by atoms with Crippen LogP contribution < -0.4 is 5.32 Å². The van der Waals surface area contributed by atoms with E-state index in [-0.39, 0.29) is 13.2 Å². The maximum atomic E-state index is 11.9. The molecular formula is C13H24N2O5. The van der Waals surface area contributed by atoms with Crippen LogP contribution in [0.4, 0.5) is 4.79 Å². The van der Waals surface area contributed by atoms with Gasteiger partial charge in [0.2, 0.25) is 0 Å². The maximum absolute atomic E-state index is 11.9. The molecule has 2 amide bonds. The predicted octanol–water partition coefficient (Wildman–Crippen LogP) is 1.22.